The highest BCUT2D eigenvalue weighted by molar-refractivity contribution is 5.83. The number of benzene rings is 3. The summed E-state index contributed by atoms with van der Waals surface area (Å²) < 4.78 is 36.8. The van der Waals surface area contributed by atoms with Crippen LogP contribution in [0, 0.1) is 11.7 Å². The highest BCUT2D eigenvalue weighted by atomic mass is 19.1. The molecule has 1 fully saturated rings. The van der Waals surface area contributed by atoms with Crippen molar-refractivity contribution in [2.75, 3.05) is 18.0 Å². The number of aryl methyl sites for hydroxylation is 1. The number of nitrogens with zero attached hydrogens (tertiary/aromatic N) is 4. The zero-order valence-electron chi connectivity index (χ0n) is 27.8. The maximum Gasteiger partial charge on any atom is 0.333 e. The number of esters is 1. The second-order valence-corrected chi connectivity index (χ2v) is 13.2. The average molecular weight is 653 g/mol. The zero-order chi connectivity index (χ0) is 33.8. The number of fused-ring (bicyclic) bond motifs is 1. The van der Waals surface area contributed by atoms with Crippen LogP contribution >= 0.6 is 0 Å². The lowest BCUT2D eigenvalue weighted by Gasteiger charge is -2.34. The van der Waals surface area contributed by atoms with E-state index in [2.05, 4.69) is 4.98 Å². The molecule has 0 saturated carbocycles. The third kappa shape index (κ3) is 7.38. The molecule has 0 N–H and O–H groups in total. The summed E-state index contributed by atoms with van der Waals surface area (Å²) in [5.41, 5.74) is 2.35. The number of aromatic nitrogens is 3. The molecular weight excluding hydrogens is 611 g/mol. The first-order valence-electron chi connectivity index (χ1n) is 16.3. The standard InChI is InChI=1S/C38H41FN4O5/c1-38(2,3)48-33(44)23-26-19-21-42(22-20-26)29-15-16-30-35(34(29)39)41(4)37(45)43(30)31-17-18-32(46-24-27-11-7-5-8-12-27)40-36(31)47-25-28-13-9-6-10-14-28/h5-18,26H,19-25H2,1-4H3. The van der Waals surface area contributed by atoms with Crippen molar-refractivity contribution in [3.8, 4) is 17.4 Å². The van der Waals surface area contributed by atoms with Crippen LogP contribution in [-0.4, -0.2) is 38.8 Å². The van der Waals surface area contributed by atoms with E-state index >= 15 is 4.39 Å². The minimum Gasteiger partial charge on any atom is -0.473 e. The summed E-state index contributed by atoms with van der Waals surface area (Å²) in [6, 6.07) is 26.3. The van der Waals surface area contributed by atoms with Crippen LogP contribution in [0.15, 0.2) is 89.7 Å². The van der Waals surface area contributed by atoms with Crippen molar-refractivity contribution in [2.45, 2.75) is 58.8 Å². The van der Waals surface area contributed by atoms with Gasteiger partial charge in [0, 0.05) is 32.6 Å². The van der Waals surface area contributed by atoms with E-state index in [1.165, 1.54) is 9.13 Å². The van der Waals surface area contributed by atoms with Crippen LogP contribution in [0.3, 0.4) is 0 Å². The van der Waals surface area contributed by atoms with E-state index in [0.29, 0.717) is 48.9 Å². The molecule has 48 heavy (non-hydrogen) atoms. The van der Waals surface area contributed by atoms with Crippen molar-refractivity contribution in [3.05, 3.63) is 112 Å². The Bertz CT molecular complexity index is 1940. The van der Waals surface area contributed by atoms with Gasteiger partial charge >= 0.3 is 11.7 Å². The fraction of sp³-hybridized carbons (Fsp3) is 0.342. The Balaban J connectivity index is 1.28. The average Bonchev–Trinajstić information content (AvgIpc) is 3.33. The van der Waals surface area contributed by atoms with E-state index in [1.807, 2.05) is 86.3 Å². The van der Waals surface area contributed by atoms with Crippen LogP contribution in [0.5, 0.6) is 11.8 Å². The summed E-state index contributed by atoms with van der Waals surface area (Å²) in [7, 11) is 1.57. The normalized spacial score (nSPS) is 13.9. The molecule has 250 valence electrons. The third-order valence-corrected chi connectivity index (χ3v) is 8.46. The van der Waals surface area contributed by atoms with Gasteiger partial charge in [0.1, 0.15) is 30.0 Å². The van der Waals surface area contributed by atoms with Gasteiger partial charge in [-0.1, -0.05) is 60.7 Å². The second-order valence-electron chi connectivity index (χ2n) is 13.2. The summed E-state index contributed by atoms with van der Waals surface area (Å²) in [4.78, 5) is 32.8. The Morgan fingerprint density at radius 3 is 2.08 bits per heavy atom. The molecule has 10 heteroatoms. The van der Waals surface area contributed by atoms with Crippen LogP contribution in [0.25, 0.3) is 16.7 Å². The lowest BCUT2D eigenvalue weighted by atomic mass is 9.93. The van der Waals surface area contributed by atoms with Gasteiger partial charge in [0.2, 0.25) is 11.8 Å². The first kappa shape index (κ1) is 32.8. The fourth-order valence-electron chi connectivity index (χ4n) is 6.10. The Hall–Kier alpha value is -5.12. The van der Waals surface area contributed by atoms with Crippen LogP contribution in [0.4, 0.5) is 10.1 Å². The van der Waals surface area contributed by atoms with Crippen LogP contribution in [0.1, 0.15) is 51.2 Å². The Morgan fingerprint density at radius 1 is 0.854 bits per heavy atom. The maximum absolute atomic E-state index is 16.4. The predicted molar refractivity (Wildman–Crippen MR) is 183 cm³/mol. The molecule has 2 aromatic heterocycles. The minimum absolute atomic E-state index is 0.176. The molecule has 6 rings (SSSR count). The van der Waals surface area contributed by atoms with Gasteiger partial charge in [-0.05, 0) is 68.9 Å². The Kier molecular flexibility index (Phi) is 9.52. The maximum atomic E-state index is 16.4. The molecule has 0 bridgehead atoms. The van der Waals surface area contributed by atoms with Gasteiger partial charge in [0.05, 0.1) is 11.2 Å². The number of halogens is 1. The van der Waals surface area contributed by atoms with E-state index in [-0.39, 0.29) is 29.9 Å². The van der Waals surface area contributed by atoms with Gasteiger partial charge in [0.15, 0.2) is 5.82 Å². The van der Waals surface area contributed by atoms with Gasteiger partial charge < -0.3 is 19.1 Å². The minimum atomic E-state index is -0.522. The van der Waals surface area contributed by atoms with Gasteiger partial charge in [-0.15, -0.1) is 0 Å². The molecule has 0 aliphatic carbocycles. The summed E-state index contributed by atoms with van der Waals surface area (Å²) in [5.74, 6) is 0.0223. The van der Waals surface area contributed by atoms with Crippen molar-refractivity contribution in [3.63, 3.8) is 0 Å². The number of carbonyl (C=O) groups is 1. The largest absolute Gasteiger partial charge is 0.473 e. The highest BCUT2D eigenvalue weighted by Gasteiger charge is 2.28. The van der Waals surface area contributed by atoms with Gasteiger partial charge in [-0.25, -0.2) is 9.18 Å². The number of hydrogen-bond acceptors (Lipinski definition) is 7. The van der Waals surface area contributed by atoms with Crippen molar-refractivity contribution in [2.24, 2.45) is 13.0 Å². The molecular formula is C38H41FN4O5. The van der Waals surface area contributed by atoms with Gasteiger partial charge in [-0.3, -0.25) is 13.9 Å². The smallest absolute Gasteiger partial charge is 0.333 e. The number of imidazole rings is 1. The predicted octanol–water partition coefficient (Wildman–Crippen LogP) is 6.97. The number of carbonyl (C=O) groups excluding carboxylic acids is 1. The molecule has 0 radical (unpaired) electrons. The van der Waals surface area contributed by atoms with Crippen LogP contribution < -0.4 is 20.1 Å². The van der Waals surface area contributed by atoms with E-state index in [9.17, 15) is 9.59 Å². The topological polar surface area (TPSA) is 87.8 Å². The third-order valence-electron chi connectivity index (χ3n) is 8.46. The van der Waals surface area contributed by atoms with Crippen molar-refractivity contribution < 1.29 is 23.4 Å². The molecule has 1 aliphatic heterocycles. The lowest BCUT2D eigenvalue weighted by molar-refractivity contribution is -0.156. The Labute approximate surface area is 279 Å². The summed E-state index contributed by atoms with van der Waals surface area (Å²) in [5, 5.41) is 0. The molecule has 0 amide bonds. The molecule has 5 aromatic rings. The second kappa shape index (κ2) is 13.9. The zero-order valence-corrected chi connectivity index (χ0v) is 27.8. The molecule has 0 unspecified atom stereocenters. The quantitative estimate of drug-likeness (QED) is 0.151. The summed E-state index contributed by atoms with van der Waals surface area (Å²) >= 11 is 0. The number of piperidine rings is 1. The van der Waals surface area contributed by atoms with Gasteiger partial charge in [-0.2, -0.15) is 4.98 Å². The van der Waals surface area contributed by atoms with E-state index in [1.54, 1.807) is 31.3 Å². The van der Waals surface area contributed by atoms with Crippen LogP contribution in [-0.2, 0) is 29.8 Å². The summed E-state index contributed by atoms with van der Waals surface area (Å²) in [6.45, 7) is 7.29. The molecule has 0 atom stereocenters. The van der Waals surface area contributed by atoms with Crippen LogP contribution in [0.2, 0.25) is 0 Å². The van der Waals surface area contributed by atoms with E-state index in [4.69, 9.17) is 14.2 Å². The molecule has 1 aliphatic rings. The van der Waals surface area contributed by atoms with E-state index in [0.717, 1.165) is 24.0 Å². The molecule has 0 spiro atoms. The number of anilines is 1. The van der Waals surface area contributed by atoms with E-state index < -0.39 is 17.1 Å². The van der Waals surface area contributed by atoms with Crippen molar-refractivity contribution in [1.29, 1.82) is 0 Å². The highest BCUT2D eigenvalue weighted by Crippen LogP contribution is 2.34. The molecule has 9 nitrogen and oxygen atoms in total. The van der Waals surface area contributed by atoms with Gasteiger partial charge in [0.25, 0.3) is 0 Å². The monoisotopic (exact) mass is 652 g/mol. The number of pyridine rings is 1. The number of rotatable bonds is 10. The SMILES string of the molecule is Cn1c(=O)n(-c2ccc(OCc3ccccc3)nc2OCc2ccccc2)c2ccc(N3CCC(CC(=O)OC(C)(C)C)CC3)c(F)c21. The molecule has 1 saturated heterocycles. The summed E-state index contributed by atoms with van der Waals surface area (Å²) in [6.07, 6.45) is 1.83. The molecule has 3 aromatic carbocycles. The van der Waals surface area contributed by atoms with Crippen molar-refractivity contribution in [1.82, 2.24) is 14.1 Å². The Morgan fingerprint density at radius 2 is 1.46 bits per heavy atom. The first-order chi connectivity index (χ1) is 23.1. The molecule has 3 heterocycles. The fourth-order valence-corrected chi connectivity index (χ4v) is 6.10. The number of ether oxygens (including phenoxy) is 3. The number of hydrogen-bond donors (Lipinski definition) is 0. The first-order valence-corrected chi connectivity index (χ1v) is 16.3. The lowest BCUT2D eigenvalue weighted by Crippen LogP contribution is -2.35. The van der Waals surface area contributed by atoms with Crippen molar-refractivity contribution >= 4 is 22.7 Å².